The minimum atomic E-state index is 0.205. The van der Waals surface area contributed by atoms with E-state index in [9.17, 15) is 0 Å². The molecule has 0 aromatic rings. The molecule has 2 fully saturated rings. The second kappa shape index (κ2) is 5.87. The number of nitrogens with zero attached hydrogens (tertiary/aromatic N) is 2. The van der Waals surface area contributed by atoms with Crippen LogP contribution in [0.1, 0.15) is 33.1 Å². The van der Waals surface area contributed by atoms with Crippen LogP contribution in [-0.4, -0.2) is 67.3 Å². The Balaban J connectivity index is 2.10. The van der Waals surface area contributed by atoms with Crippen LogP contribution >= 0.6 is 0 Å². The number of rotatable bonds is 2. The molecule has 0 aromatic carbocycles. The second-order valence-electron chi connectivity index (χ2n) is 6.25. The molecule has 2 rings (SSSR count). The highest BCUT2D eigenvalue weighted by molar-refractivity contribution is 4.96. The molecule has 2 saturated heterocycles. The minimum Gasteiger partial charge on any atom is -0.373 e. The largest absolute Gasteiger partial charge is 0.373 e. The molecule has 0 spiro atoms. The molecule has 2 aliphatic rings. The molecule has 0 saturated carbocycles. The minimum absolute atomic E-state index is 0.205. The number of hydrogen-bond acceptors (Lipinski definition) is 4. The zero-order chi connectivity index (χ0) is 13.2. The van der Waals surface area contributed by atoms with Gasteiger partial charge in [0.2, 0.25) is 0 Å². The van der Waals surface area contributed by atoms with Gasteiger partial charge in [-0.05, 0) is 53.2 Å². The molecule has 18 heavy (non-hydrogen) atoms. The van der Waals surface area contributed by atoms with Gasteiger partial charge in [0.1, 0.15) is 0 Å². The molecule has 2 aliphatic heterocycles. The normalized spacial score (nSPS) is 40.7. The van der Waals surface area contributed by atoms with Crippen molar-refractivity contribution in [2.45, 2.75) is 50.9 Å². The van der Waals surface area contributed by atoms with Crippen LogP contribution in [0, 0.1) is 0 Å². The van der Waals surface area contributed by atoms with Crippen molar-refractivity contribution in [2.75, 3.05) is 39.8 Å². The van der Waals surface area contributed by atoms with Gasteiger partial charge < -0.3 is 15.4 Å². The van der Waals surface area contributed by atoms with E-state index in [-0.39, 0.29) is 5.54 Å². The molecule has 0 aromatic heterocycles. The fourth-order valence-electron chi connectivity index (χ4n) is 3.53. The van der Waals surface area contributed by atoms with Crippen molar-refractivity contribution in [3.05, 3.63) is 0 Å². The first-order valence-corrected chi connectivity index (χ1v) is 7.35. The van der Waals surface area contributed by atoms with Gasteiger partial charge in [-0.3, -0.25) is 4.90 Å². The molecule has 3 atom stereocenters. The second-order valence-corrected chi connectivity index (χ2v) is 6.25. The SMILES string of the molecule is CC1CN(C2(CN)CCCN(C)CC2)CC(C)O1. The van der Waals surface area contributed by atoms with Gasteiger partial charge in [-0.1, -0.05) is 0 Å². The van der Waals surface area contributed by atoms with E-state index in [1.165, 1.54) is 25.8 Å². The van der Waals surface area contributed by atoms with Crippen molar-refractivity contribution in [1.29, 1.82) is 0 Å². The monoisotopic (exact) mass is 255 g/mol. The Kier molecular flexibility index (Phi) is 4.64. The fraction of sp³-hybridized carbons (Fsp3) is 1.00. The first-order chi connectivity index (χ1) is 8.55. The van der Waals surface area contributed by atoms with Crippen LogP contribution in [-0.2, 0) is 4.74 Å². The summed E-state index contributed by atoms with van der Waals surface area (Å²) < 4.78 is 5.86. The molecule has 3 unspecified atom stereocenters. The van der Waals surface area contributed by atoms with Gasteiger partial charge in [-0.2, -0.15) is 0 Å². The van der Waals surface area contributed by atoms with Crippen molar-refractivity contribution in [2.24, 2.45) is 5.73 Å². The predicted octanol–water partition coefficient (Wildman–Crippen LogP) is 0.909. The number of morpholine rings is 1. The molecule has 2 heterocycles. The van der Waals surface area contributed by atoms with E-state index in [0.29, 0.717) is 12.2 Å². The molecule has 4 heteroatoms. The van der Waals surface area contributed by atoms with E-state index in [0.717, 1.165) is 26.2 Å². The number of hydrogen-bond donors (Lipinski definition) is 1. The number of nitrogens with two attached hydrogens (primary N) is 1. The predicted molar refractivity (Wildman–Crippen MR) is 74.7 cm³/mol. The van der Waals surface area contributed by atoms with Gasteiger partial charge in [0, 0.05) is 25.2 Å². The summed E-state index contributed by atoms with van der Waals surface area (Å²) in [6.07, 6.45) is 4.34. The lowest BCUT2D eigenvalue weighted by molar-refractivity contribution is -0.103. The van der Waals surface area contributed by atoms with Gasteiger partial charge in [0.15, 0.2) is 0 Å². The van der Waals surface area contributed by atoms with Crippen LogP contribution in [0.15, 0.2) is 0 Å². The van der Waals surface area contributed by atoms with Crippen LogP contribution in [0.5, 0.6) is 0 Å². The van der Waals surface area contributed by atoms with Crippen molar-refractivity contribution in [1.82, 2.24) is 9.80 Å². The van der Waals surface area contributed by atoms with Crippen molar-refractivity contribution in [3.63, 3.8) is 0 Å². The maximum atomic E-state index is 6.17. The molecule has 0 aliphatic carbocycles. The van der Waals surface area contributed by atoms with E-state index in [1.807, 2.05) is 0 Å². The summed E-state index contributed by atoms with van der Waals surface area (Å²) in [7, 11) is 2.22. The molecular formula is C14H29N3O. The van der Waals surface area contributed by atoms with E-state index < -0.39 is 0 Å². The van der Waals surface area contributed by atoms with E-state index in [1.54, 1.807) is 0 Å². The molecule has 0 bridgehead atoms. The van der Waals surface area contributed by atoms with E-state index >= 15 is 0 Å². The lowest BCUT2D eigenvalue weighted by Crippen LogP contribution is -2.60. The summed E-state index contributed by atoms with van der Waals surface area (Å²) in [6.45, 7) is 9.57. The number of likely N-dealkylation sites (tertiary alicyclic amines) is 1. The zero-order valence-electron chi connectivity index (χ0n) is 12.2. The Morgan fingerprint density at radius 2 is 1.83 bits per heavy atom. The van der Waals surface area contributed by atoms with Gasteiger partial charge in [-0.25, -0.2) is 0 Å². The van der Waals surface area contributed by atoms with Crippen molar-refractivity contribution in [3.8, 4) is 0 Å². The maximum absolute atomic E-state index is 6.17. The third-order valence-corrected chi connectivity index (χ3v) is 4.61. The Morgan fingerprint density at radius 3 is 2.44 bits per heavy atom. The lowest BCUT2D eigenvalue weighted by Gasteiger charge is -2.48. The van der Waals surface area contributed by atoms with Gasteiger partial charge >= 0.3 is 0 Å². The highest BCUT2D eigenvalue weighted by Gasteiger charge is 2.39. The molecule has 0 radical (unpaired) electrons. The highest BCUT2D eigenvalue weighted by atomic mass is 16.5. The highest BCUT2D eigenvalue weighted by Crippen LogP contribution is 2.30. The Bertz CT molecular complexity index is 264. The third-order valence-electron chi connectivity index (χ3n) is 4.61. The Hall–Kier alpha value is -0.160. The van der Waals surface area contributed by atoms with E-state index in [4.69, 9.17) is 10.5 Å². The topological polar surface area (TPSA) is 41.7 Å². The summed E-state index contributed by atoms with van der Waals surface area (Å²) in [4.78, 5) is 5.05. The summed E-state index contributed by atoms with van der Waals surface area (Å²) in [5.41, 5.74) is 6.38. The van der Waals surface area contributed by atoms with Gasteiger partial charge in [0.25, 0.3) is 0 Å². The summed E-state index contributed by atoms with van der Waals surface area (Å²) in [5.74, 6) is 0. The van der Waals surface area contributed by atoms with Crippen molar-refractivity contribution < 1.29 is 4.74 Å². The molecule has 4 nitrogen and oxygen atoms in total. The molecular weight excluding hydrogens is 226 g/mol. The molecule has 2 N–H and O–H groups in total. The lowest BCUT2D eigenvalue weighted by atomic mass is 9.87. The Morgan fingerprint density at radius 1 is 1.17 bits per heavy atom. The summed E-state index contributed by atoms with van der Waals surface area (Å²) in [5, 5.41) is 0. The average Bonchev–Trinajstić information content (AvgIpc) is 2.51. The summed E-state index contributed by atoms with van der Waals surface area (Å²) >= 11 is 0. The van der Waals surface area contributed by atoms with Gasteiger partial charge in [0.05, 0.1) is 12.2 Å². The zero-order valence-corrected chi connectivity index (χ0v) is 12.2. The molecule has 0 amide bonds. The van der Waals surface area contributed by atoms with E-state index in [2.05, 4.69) is 30.7 Å². The summed E-state index contributed by atoms with van der Waals surface area (Å²) in [6, 6.07) is 0. The average molecular weight is 255 g/mol. The van der Waals surface area contributed by atoms with Gasteiger partial charge in [-0.15, -0.1) is 0 Å². The molecule has 106 valence electrons. The standard InChI is InChI=1S/C14H29N3O/c1-12-9-17(10-13(2)18-12)14(11-15)5-4-7-16(3)8-6-14/h12-13H,4-11,15H2,1-3H3. The quantitative estimate of drug-likeness (QED) is 0.796. The van der Waals surface area contributed by atoms with Crippen LogP contribution in [0.2, 0.25) is 0 Å². The van der Waals surface area contributed by atoms with Crippen LogP contribution < -0.4 is 5.73 Å². The fourth-order valence-corrected chi connectivity index (χ4v) is 3.53. The van der Waals surface area contributed by atoms with Crippen LogP contribution in [0.3, 0.4) is 0 Å². The third kappa shape index (κ3) is 3.05. The Labute approximate surface area is 111 Å². The van der Waals surface area contributed by atoms with Crippen LogP contribution in [0.4, 0.5) is 0 Å². The smallest absolute Gasteiger partial charge is 0.0678 e. The van der Waals surface area contributed by atoms with Crippen LogP contribution in [0.25, 0.3) is 0 Å². The first-order valence-electron chi connectivity index (χ1n) is 7.35. The van der Waals surface area contributed by atoms with Crippen molar-refractivity contribution >= 4 is 0 Å². The maximum Gasteiger partial charge on any atom is 0.0678 e. The first kappa shape index (κ1) is 14.3. The number of ether oxygens (including phenoxy) is 1.